The van der Waals surface area contributed by atoms with E-state index in [0.29, 0.717) is 5.02 Å². The van der Waals surface area contributed by atoms with E-state index in [1.165, 1.54) is 0 Å². The van der Waals surface area contributed by atoms with Crippen LogP contribution in [0.25, 0.3) is 22.4 Å². The predicted octanol–water partition coefficient (Wildman–Crippen LogP) is 4.06. The summed E-state index contributed by atoms with van der Waals surface area (Å²) in [4.78, 5) is 15.6. The number of rotatable bonds is 4. The van der Waals surface area contributed by atoms with Crippen molar-refractivity contribution in [1.82, 2.24) is 14.8 Å². The monoisotopic (exact) mass is 382 g/mol. The molecule has 7 heteroatoms. The molecule has 1 aliphatic heterocycles. The molecule has 1 aliphatic rings. The fourth-order valence-corrected chi connectivity index (χ4v) is 3.45. The van der Waals surface area contributed by atoms with Crippen LogP contribution in [0, 0.1) is 0 Å². The molecule has 1 unspecified atom stereocenters. The van der Waals surface area contributed by atoms with E-state index in [2.05, 4.69) is 4.98 Å². The van der Waals surface area contributed by atoms with E-state index >= 15 is 0 Å². The number of carbonyl (C=O) groups excluding carboxylic acids is 1. The summed E-state index contributed by atoms with van der Waals surface area (Å²) in [6.45, 7) is 0.730. The Hall–Kier alpha value is -2.70. The van der Waals surface area contributed by atoms with Gasteiger partial charge in [-0.2, -0.15) is 5.10 Å². The van der Waals surface area contributed by atoms with Crippen LogP contribution in [0.5, 0.6) is 0 Å². The fourth-order valence-electron chi connectivity index (χ4n) is 3.26. The molecule has 138 valence electrons. The summed E-state index contributed by atoms with van der Waals surface area (Å²) in [5.41, 5.74) is 8.96. The number of nitrogens with two attached hydrogens (primary N) is 1. The molecule has 0 spiro atoms. The minimum atomic E-state index is -0.566. The Bertz CT molecular complexity index is 980. The summed E-state index contributed by atoms with van der Waals surface area (Å²) in [6, 6.07) is 11.1. The van der Waals surface area contributed by atoms with Crippen molar-refractivity contribution in [3.8, 4) is 22.4 Å². The molecule has 2 N–H and O–H groups in total. The highest BCUT2D eigenvalue weighted by Gasteiger charge is 2.21. The van der Waals surface area contributed by atoms with Gasteiger partial charge in [0.15, 0.2) is 0 Å². The third-order valence-corrected chi connectivity index (χ3v) is 4.84. The summed E-state index contributed by atoms with van der Waals surface area (Å²) in [5.74, 6) is -0.566. The molecular formula is C20H19ClN4O2. The highest BCUT2D eigenvalue weighted by atomic mass is 35.5. The third-order valence-electron chi connectivity index (χ3n) is 4.60. The first-order chi connectivity index (χ1) is 13.1. The lowest BCUT2D eigenvalue weighted by Gasteiger charge is -2.22. The molecule has 0 bridgehead atoms. The van der Waals surface area contributed by atoms with Gasteiger partial charge in [0.2, 0.25) is 0 Å². The van der Waals surface area contributed by atoms with E-state index in [1.54, 1.807) is 12.3 Å². The number of nitrogens with zero attached hydrogens (tertiary/aromatic N) is 3. The Labute approximate surface area is 161 Å². The zero-order chi connectivity index (χ0) is 18.8. The second kappa shape index (κ2) is 7.50. The standard InChI is InChI=1S/C20H19ClN4O2/c21-15-5-3-4-14(10-15)19-16(13-7-8-23-17(11-13)20(22)26)12-25(24-19)18-6-1-2-9-27-18/h3-5,7-8,10-12,18H,1-2,6,9H2,(H2,22,26). The van der Waals surface area contributed by atoms with Gasteiger partial charge in [-0.1, -0.05) is 23.7 Å². The average molecular weight is 383 g/mol. The lowest BCUT2D eigenvalue weighted by Crippen LogP contribution is -2.18. The van der Waals surface area contributed by atoms with Crippen molar-refractivity contribution < 1.29 is 9.53 Å². The van der Waals surface area contributed by atoms with Crippen molar-refractivity contribution in [2.75, 3.05) is 6.61 Å². The van der Waals surface area contributed by atoms with Crippen LogP contribution in [-0.2, 0) is 4.74 Å². The summed E-state index contributed by atoms with van der Waals surface area (Å²) in [6.07, 6.45) is 6.52. The zero-order valence-electron chi connectivity index (χ0n) is 14.6. The van der Waals surface area contributed by atoms with Gasteiger partial charge in [0, 0.05) is 35.2 Å². The number of primary amides is 1. The van der Waals surface area contributed by atoms with Crippen molar-refractivity contribution >= 4 is 17.5 Å². The van der Waals surface area contributed by atoms with Crippen LogP contribution < -0.4 is 5.73 Å². The molecular weight excluding hydrogens is 364 g/mol. The van der Waals surface area contributed by atoms with Gasteiger partial charge >= 0.3 is 0 Å². The summed E-state index contributed by atoms with van der Waals surface area (Å²) in [5, 5.41) is 5.43. The fraction of sp³-hybridized carbons (Fsp3) is 0.250. The van der Waals surface area contributed by atoms with E-state index in [9.17, 15) is 4.79 Å². The minimum Gasteiger partial charge on any atom is -0.364 e. The van der Waals surface area contributed by atoms with Crippen molar-refractivity contribution in [2.45, 2.75) is 25.5 Å². The Morgan fingerprint density at radius 2 is 2.11 bits per heavy atom. The molecule has 1 atom stereocenters. The van der Waals surface area contributed by atoms with Gasteiger partial charge in [-0.3, -0.25) is 9.78 Å². The second-order valence-corrected chi connectivity index (χ2v) is 6.93. The van der Waals surface area contributed by atoms with Gasteiger partial charge in [0.05, 0.1) is 0 Å². The number of pyridine rings is 1. The SMILES string of the molecule is NC(=O)c1cc(-c2cn(C3CCCCO3)nc2-c2cccc(Cl)c2)ccn1. The minimum absolute atomic E-state index is 0.0946. The predicted molar refractivity (Wildman–Crippen MR) is 103 cm³/mol. The topological polar surface area (TPSA) is 83.0 Å². The van der Waals surface area contributed by atoms with Crippen LogP contribution in [0.3, 0.4) is 0 Å². The van der Waals surface area contributed by atoms with Crippen molar-refractivity contribution in [2.24, 2.45) is 5.73 Å². The molecule has 2 aromatic heterocycles. The molecule has 1 amide bonds. The quantitative estimate of drug-likeness (QED) is 0.737. The van der Waals surface area contributed by atoms with Crippen LogP contribution in [0.2, 0.25) is 5.02 Å². The van der Waals surface area contributed by atoms with Crippen molar-refractivity contribution in [1.29, 1.82) is 0 Å². The van der Waals surface area contributed by atoms with E-state index < -0.39 is 5.91 Å². The van der Waals surface area contributed by atoms with Crippen LogP contribution in [0.1, 0.15) is 36.0 Å². The lowest BCUT2D eigenvalue weighted by molar-refractivity contribution is -0.0393. The van der Waals surface area contributed by atoms with E-state index in [-0.39, 0.29) is 11.9 Å². The van der Waals surface area contributed by atoms with Gasteiger partial charge in [0.1, 0.15) is 17.6 Å². The number of ether oxygens (including phenoxy) is 1. The normalized spacial score (nSPS) is 17.0. The van der Waals surface area contributed by atoms with E-state index in [1.807, 2.05) is 41.2 Å². The number of amides is 1. The average Bonchev–Trinajstić information content (AvgIpc) is 3.14. The molecule has 4 rings (SSSR count). The van der Waals surface area contributed by atoms with Crippen molar-refractivity contribution in [3.05, 3.63) is 59.5 Å². The lowest BCUT2D eigenvalue weighted by atomic mass is 10.0. The van der Waals surface area contributed by atoms with Crippen LogP contribution in [0.15, 0.2) is 48.8 Å². The molecule has 0 saturated carbocycles. The second-order valence-electron chi connectivity index (χ2n) is 6.50. The number of hydrogen-bond acceptors (Lipinski definition) is 4. The van der Waals surface area contributed by atoms with Crippen LogP contribution >= 0.6 is 11.6 Å². The van der Waals surface area contributed by atoms with E-state index in [4.69, 9.17) is 27.2 Å². The largest absolute Gasteiger partial charge is 0.364 e. The van der Waals surface area contributed by atoms with Crippen molar-refractivity contribution in [3.63, 3.8) is 0 Å². The Kier molecular flexibility index (Phi) is 4.92. The van der Waals surface area contributed by atoms with Gasteiger partial charge in [0.25, 0.3) is 5.91 Å². The molecule has 3 heterocycles. The van der Waals surface area contributed by atoms with Gasteiger partial charge in [-0.25, -0.2) is 4.68 Å². The van der Waals surface area contributed by atoms with Gasteiger partial charge in [-0.15, -0.1) is 0 Å². The van der Waals surface area contributed by atoms with Crippen LogP contribution in [0.4, 0.5) is 0 Å². The molecule has 1 saturated heterocycles. The number of halogens is 1. The molecule has 3 aromatic rings. The van der Waals surface area contributed by atoms with Gasteiger partial charge < -0.3 is 10.5 Å². The first-order valence-corrected chi connectivity index (χ1v) is 9.22. The third kappa shape index (κ3) is 3.72. The van der Waals surface area contributed by atoms with E-state index in [0.717, 1.165) is 48.3 Å². The Morgan fingerprint density at radius 3 is 2.85 bits per heavy atom. The first-order valence-electron chi connectivity index (χ1n) is 8.85. The molecule has 1 fully saturated rings. The molecule has 0 aliphatic carbocycles. The Balaban J connectivity index is 1.84. The highest BCUT2D eigenvalue weighted by Crippen LogP contribution is 2.34. The smallest absolute Gasteiger partial charge is 0.267 e. The molecule has 27 heavy (non-hydrogen) atoms. The number of benzene rings is 1. The molecule has 6 nitrogen and oxygen atoms in total. The maximum atomic E-state index is 11.5. The van der Waals surface area contributed by atoms with Gasteiger partial charge in [-0.05, 0) is 49.1 Å². The number of hydrogen-bond donors (Lipinski definition) is 1. The number of carbonyl (C=O) groups is 1. The first kappa shape index (κ1) is 17.7. The Morgan fingerprint density at radius 1 is 1.22 bits per heavy atom. The van der Waals surface area contributed by atoms with Crippen LogP contribution in [-0.4, -0.2) is 27.3 Å². The molecule has 0 radical (unpaired) electrons. The zero-order valence-corrected chi connectivity index (χ0v) is 15.4. The molecule has 1 aromatic carbocycles. The maximum Gasteiger partial charge on any atom is 0.267 e. The summed E-state index contributed by atoms with van der Waals surface area (Å²) in [7, 11) is 0. The maximum absolute atomic E-state index is 11.5. The number of aromatic nitrogens is 3. The highest BCUT2D eigenvalue weighted by molar-refractivity contribution is 6.30. The summed E-state index contributed by atoms with van der Waals surface area (Å²) < 4.78 is 7.73. The summed E-state index contributed by atoms with van der Waals surface area (Å²) >= 11 is 6.18.